The fourth-order valence-electron chi connectivity index (χ4n) is 2.43. The van der Waals surface area contributed by atoms with E-state index in [1.165, 1.54) is 0 Å². The highest BCUT2D eigenvalue weighted by atomic mass is 16.6. The van der Waals surface area contributed by atoms with E-state index in [4.69, 9.17) is 9.47 Å². The van der Waals surface area contributed by atoms with E-state index < -0.39 is 24.2 Å². The number of carbonyl (C=O) groups is 3. The third-order valence-electron chi connectivity index (χ3n) is 3.76. The fourth-order valence-corrected chi connectivity index (χ4v) is 2.43. The van der Waals surface area contributed by atoms with Gasteiger partial charge in [0.15, 0.2) is 6.04 Å². The van der Waals surface area contributed by atoms with Gasteiger partial charge >= 0.3 is 18.2 Å². The summed E-state index contributed by atoms with van der Waals surface area (Å²) in [7, 11) is 0. The van der Waals surface area contributed by atoms with E-state index in [0.29, 0.717) is 4.90 Å². The SMILES string of the molecule is O=C1OC(=O)N(C(=O)OCc2ccccc2)[C@H]1COCc1ccccc1. The second-order valence-corrected chi connectivity index (χ2v) is 5.61. The van der Waals surface area contributed by atoms with Gasteiger partial charge in [-0.1, -0.05) is 60.7 Å². The van der Waals surface area contributed by atoms with Crippen LogP contribution in [-0.4, -0.2) is 35.7 Å². The number of cyclic esters (lactones) is 2. The third kappa shape index (κ3) is 4.25. The van der Waals surface area contributed by atoms with E-state index in [0.717, 1.165) is 11.1 Å². The predicted molar refractivity (Wildman–Crippen MR) is 89.8 cm³/mol. The van der Waals surface area contributed by atoms with Crippen molar-refractivity contribution in [3.8, 4) is 0 Å². The molecule has 26 heavy (non-hydrogen) atoms. The van der Waals surface area contributed by atoms with Gasteiger partial charge in [-0.2, -0.15) is 4.90 Å². The maximum atomic E-state index is 12.2. The molecule has 1 heterocycles. The van der Waals surface area contributed by atoms with Gasteiger partial charge in [-0.25, -0.2) is 14.4 Å². The molecule has 1 aliphatic rings. The number of hydrogen-bond donors (Lipinski definition) is 0. The van der Waals surface area contributed by atoms with Crippen molar-refractivity contribution in [2.75, 3.05) is 6.61 Å². The second kappa shape index (κ2) is 8.26. The van der Waals surface area contributed by atoms with Crippen molar-refractivity contribution in [1.29, 1.82) is 0 Å². The molecule has 2 amide bonds. The Hall–Kier alpha value is -3.19. The van der Waals surface area contributed by atoms with Crippen molar-refractivity contribution >= 4 is 18.2 Å². The lowest BCUT2D eigenvalue weighted by Gasteiger charge is -2.18. The molecule has 0 N–H and O–H groups in total. The zero-order chi connectivity index (χ0) is 18.4. The van der Waals surface area contributed by atoms with E-state index in [1.54, 1.807) is 24.3 Å². The number of nitrogens with zero attached hydrogens (tertiary/aromatic N) is 1. The Bertz CT molecular complexity index is 777. The van der Waals surface area contributed by atoms with Crippen LogP contribution in [0.25, 0.3) is 0 Å². The molecular weight excluding hydrogens is 338 g/mol. The van der Waals surface area contributed by atoms with Crippen molar-refractivity contribution in [1.82, 2.24) is 4.90 Å². The second-order valence-electron chi connectivity index (χ2n) is 5.61. The van der Waals surface area contributed by atoms with Crippen molar-refractivity contribution in [3.05, 3.63) is 71.8 Å². The first kappa shape index (κ1) is 17.6. The Morgan fingerprint density at radius 3 is 2.12 bits per heavy atom. The van der Waals surface area contributed by atoms with E-state index in [-0.39, 0.29) is 19.8 Å². The summed E-state index contributed by atoms with van der Waals surface area (Å²) in [6.45, 7) is 0.0564. The van der Waals surface area contributed by atoms with E-state index in [9.17, 15) is 14.4 Å². The summed E-state index contributed by atoms with van der Waals surface area (Å²) < 4.78 is 15.1. The minimum atomic E-state index is -1.16. The van der Waals surface area contributed by atoms with Crippen molar-refractivity contribution in [3.63, 3.8) is 0 Å². The molecule has 134 valence electrons. The van der Waals surface area contributed by atoms with E-state index >= 15 is 0 Å². The van der Waals surface area contributed by atoms with Crippen LogP contribution in [0.5, 0.6) is 0 Å². The molecule has 0 aromatic heterocycles. The number of ether oxygens (including phenoxy) is 3. The van der Waals surface area contributed by atoms with Crippen LogP contribution in [0.2, 0.25) is 0 Å². The molecule has 1 aliphatic heterocycles. The number of amides is 2. The summed E-state index contributed by atoms with van der Waals surface area (Å²) in [6, 6.07) is 17.2. The number of esters is 1. The summed E-state index contributed by atoms with van der Waals surface area (Å²) in [4.78, 5) is 36.5. The highest BCUT2D eigenvalue weighted by Gasteiger charge is 2.46. The van der Waals surface area contributed by atoms with Gasteiger partial charge in [0.1, 0.15) is 6.61 Å². The topological polar surface area (TPSA) is 82.1 Å². The Kier molecular flexibility index (Phi) is 5.60. The van der Waals surface area contributed by atoms with Crippen molar-refractivity contribution in [2.45, 2.75) is 19.3 Å². The third-order valence-corrected chi connectivity index (χ3v) is 3.76. The smallest absolute Gasteiger partial charge is 0.428 e. The Morgan fingerprint density at radius 2 is 1.50 bits per heavy atom. The lowest BCUT2D eigenvalue weighted by molar-refractivity contribution is -0.137. The minimum Gasteiger partial charge on any atom is -0.444 e. The number of rotatable bonds is 6. The highest BCUT2D eigenvalue weighted by Crippen LogP contribution is 2.17. The van der Waals surface area contributed by atoms with Gasteiger partial charge in [0.05, 0.1) is 13.2 Å². The normalized spacial score (nSPS) is 16.5. The molecule has 3 rings (SSSR count). The molecule has 2 aromatic carbocycles. The van der Waals surface area contributed by atoms with Gasteiger partial charge in [0.25, 0.3) is 0 Å². The lowest BCUT2D eigenvalue weighted by atomic mass is 10.2. The molecule has 0 bridgehead atoms. The van der Waals surface area contributed by atoms with E-state index in [1.807, 2.05) is 36.4 Å². The molecule has 7 heteroatoms. The molecule has 7 nitrogen and oxygen atoms in total. The molecule has 1 atom stereocenters. The quantitative estimate of drug-likeness (QED) is 0.585. The largest absolute Gasteiger partial charge is 0.444 e. The number of carbonyl (C=O) groups excluding carboxylic acids is 3. The molecule has 1 saturated heterocycles. The number of benzene rings is 2. The van der Waals surface area contributed by atoms with Crippen molar-refractivity contribution in [2.24, 2.45) is 0 Å². The zero-order valence-corrected chi connectivity index (χ0v) is 13.9. The summed E-state index contributed by atoms with van der Waals surface area (Å²) in [6.07, 6.45) is -2.00. The van der Waals surface area contributed by atoms with E-state index in [2.05, 4.69) is 4.74 Å². The van der Waals surface area contributed by atoms with Crippen LogP contribution in [0.4, 0.5) is 9.59 Å². The van der Waals surface area contributed by atoms with Gasteiger partial charge in [-0.15, -0.1) is 0 Å². The Balaban J connectivity index is 1.57. The average molecular weight is 355 g/mol. The maximum absolute atomic E-state index is 12.2. The molecule has 0 saturated carbocycles. The molecule has 2 aromatic rings. The summed E-state index contributed by atoms with van der Waals surface area (Å²) in [5, 5.41) is 0. The number of hydrogen-bond acceptors (Lipinski definition) is 6. The van der Waals surface area contributed by atoms with Crippen LogP contribution in [0, 0.1) is 0 Å². The van der Waals surface area contributed by atoms with Gasteiger partial charge in [-0.3, -0.25) is 0 Å². The van der Waals surface area contributed by atoms with Crippen molar-refractivity contribution < 1.29 is 28.6 Å². The van der Waals surface area contributed by atoms with Gasteiger partial charge in [0, 0.05) is 0 Å². The highest BCUT2D eigenvalue weighted by molar-refractivity contribution is 6.03. The van der Waals surface area contributed by atoms with Gasteiger partial charge < -0.3 is 14.2 Å². The monoisotopic (exact) mass is 355 g/mol. The van der Waals surface area contributed by atoms with Crippen LogP contribution in [0.15, 0.2) is 60.7 Å². The molecule has 0 radical (unpaired) electrons. The van der Waals surface area contributed by atoms with Crippen LogP contribution in [0.1, 0.15) is 11.1 Å². The summed E-state index contributed by atoms with van der Waals surface area (Å²) in [5.41, 5.74) is 1.67. The average Bonchev–Trinajstić information content (AvgIpc) is 2.95. The first-order valence-electron chi connectivity index (χ1n) is 8.02. The Labute approximate surface area is 150 Å². The van der Waals surface area contributed by atoms with Gasteiger partial charge in [-0.05, 0) is 11.1 Å². The minimum absolute atomic E-state index is 0.0186. The lowest BCUT2D eigenvalue weighted by Crippen LogP contribution is -2.43. The zero-order valence-electron chi connectivity index (χ0n) is 13.9. The molecule has 0 spiro atoms. The first-order chi connectivity index (χ1) is 12.6. The number of imide groups is 1. The summed E-state index contributed by atoms with van der Waals surface area (Å²) >= 11 is 0. The maximum Gasteiger partial charge on any atom is 0.428 e. The fraction of sp³-hybridized carbons (Fsp3) is 0.211. The van der Waals surface area contributed by atoms with Crippen LogP contribution >= 0.6 is 0 Å². The molecular formula is C19H17NO6. The predicted octanol–water partition coefficient (Wildman–Crippen LogP) is 2.89. The first-order valence-corrected chi connectivity index (χ1v) is 8.02. The van der Waals surface area contributed by atoms with Crippen LogP contribution < -0.4 is 0 Å². The van der Waals surface area contributed by atoms with Gasteiger partial charge in [0.2, 0.25) is 0 Å². The molecule has 0 unspecified atom stereocenters. The standard InChI is InChI=1S/C19H17NO6/c21-17-16(13-24-11-14-7-3-1-4-8-14)20(19(23)26-17)18(22)25-12-15-9-5-2-6-10-15/h1-10,16H,11-13H2/t16-/m0/s1. The summed E-state index contributed by atoms with van der Waals surface area (Å²) in [5.74, 6) is -0.834. The Morgan fingerprint density at radius 1 is 0.923 bits per heavy atom. The van der Waals surface area contributed by atoms with Crippen LogP contribution in [0.3, 0.4) is 0 Å². The molecule has 0 aliphatic carbocycles. The molecule has 1 fully saturated rings. The van der Waals surface area contributed by atoms with Crippen LogP contribution in [-0.2, 0) is 32.2 Å².